The molecule has 4 N–H and O–H groups in total. The molecular weight excluding hydrogens is 386 g/mol. The first-order valence-corrected chi connectivity index (χ1v) is 9.72. The Morgan fingerprint density at radius 2 is 2.00 bits per heavy atom. The molecule has 0 aliphatic carbocycles. The maximum absolute atomic E-state index is 12.9. The van der Waals surface area contributed by atoms with Crippen molar-refractivity contribution in [2.24, 2.45) is 5.73 Å². The van der Waals surface area contributed by atoms with Crippen LogP contribution in [0.2, 0.25) is 0 Å². The van der Waals surface area contributed by atoms with Gasteiger partial charge in [0.2, 0.25) is 5.91 Å². The third-order valence-corrected chi connectivity index (χ3v) is 5.44. The molecule has 9 nitrogen and oxygen atoms in total. The van der Waals surface area contributed by atoms with Gasteiger partial charge in [-0.25, -0.2) is 0 Å². The zero-order chi connectivity index (χ0) is 21.3. The second kappa shape index (κ2) is 7.94. The van der Waals surface area contributed by atoms with E-state index in [9.17, 15) is 19.2 Å². The minimum Gasteiger partial charge on any atom is -0.366 e. The number of anilines is 1. The highest BCUT2D eigenvalue weighted by Gasteiger charge is 2.33. The first kappa shape index (κ1) is 19.6. The summed E-state index contributed by atoms with van der Waals surface area (Å²) in [5.41, 5.74) is 7.95. The molecule has 3 heterocycles. The topological polar surface area (TPSA) is 134 Å². The maximum Gasteiger partial charge on any atom is 0.313 e. The Labute approximate surface area is 172 Å². The molecule has 4 amide bonds. The summed E-state index contributed by atoms with van der Waals surface area (Å²) >= 11 is 0. The minimum atomic E-state index is -0.816. The van der Waals surface area contributed by atoms with Gasteiger partial charge in [0.15, 0.2) is 0 Å². The molecule has 0 saturated carbocycles. The van der Waals surface area contributed by atoms with Crippen LogP contribution in [0.3, 0.4) is 0 Å². The number of piperidine rings is 1. The van der Waals surface area contributed by atoms with Crippen molar-refractivity contribution in [3.8, 4) is 0 Å². The Balaban J connectivity index is 1.54. The molecule has 0 unspecified atom stereocenters. The number of likely N-dealkylation sites (tertiary alicyclic amines) is 1. The number of benzene rings is 1. The lowest BCUT2D eigenvalue weighted by Crippen LogP contribution is -2.44. The number of carbonyl (C=O) groups excluding carboxylic acids is 4. The number of nitrogens with two attached hydrogens (primary N) is 1. The van der Waals surface area contributed by atoms with Crippen molar-refractivity contribution in [2.45, 2.75) is 31.8 Å². The quantitative estimate of drug-likeness (QED) is 0.656. The summed E-state index contributed by atoms with van der Waals surface area (Å²) in [4.78, 5) is 54.2. The molecule has 1 aromatic heterocycles. The van der Waals surface area contributed by atoms with Gasteiger partial charge >= 0.3 is 11.8 Å². The van der Waals surface area contributed by atoms with Gasteiger partial charge in [-0.2, -0.15) is 0 Å². The number of carbonyl (C=O) groups is 4. The highest BCUT2D eigenvalue weighted by molar-refractivity contribution is 6.39. The third kappa shape index (κ3) is 3.73. The van der Waals surface area contributed by atoms with E-state index in [2.05, 4.69) is 15.6 Å². The van der Waals surface area contributed by atoms with E-state index >= 15 is 0 Å². The zero-order valence-electron chi connectivity index (χ0n) is 16.2. The molecule has 1 fully saturated rings. The van der Waals surface area contributed by atoms with Crippen molar-refractivity contribution in [1.29, 1.82) is 0 Å². The predicted molar refractivity (Wildman–Crippen MR) is 107 cm³/mol. The summed E-state index contributed by atoms with van der Waals surface area (Å²) < 4.78 is 0. The Bertz CT molecular complexity index is 1050. The number of pyridine rings is 1. The Morgan fingerprint density at radius 1 is 1.17 bits per heavy atom. The highest BCUT2D eigenvalue weighted by Crippen LogP contribution is 2.33. The van der Waals surface area contributed by atoms with E-state index < -0.39 is 17.7 Å². The van der Waals surface area contributed by atoms with Crippen molar-refractivity contribution in [2.75, 3.05) is 11.9 Å². The van der Waals surface area contributed by atoms with Gasteiger partial charge in [-0.1, -0.05) is 12.1 Å². The van der Waals surface area contributed by atoms with Crippen LogP contribution in [0.4, 0.5) is 5.69 Å². The number of primary amides is 1. The molecule has 9 heteroatoms. The minimum absolute atomic E-state index is 0.125. The van der Waals surface area contributed by atoms with Crippen LogP contribution < -0.4 is 16.4 Å². The van der Waals surface area contributed by atoms with Gasteiger partial charge < -0.3 is 21.3 Å². The number of amides is 4. The van der Waals surface area contributed by atoms with Crippen molar-refractivity contribution in [3.05, 3.63) is 58.9 Å². The molecule has 0 radical (unpaired) electrons. The number of fused-ring (bicyclic) bond motifs is 1. The van der Waals surface area contributed by atoms with Crippen LogP contribution in [-0.4, -0.2) is 40.1 Å². The molecule has 1 aromatic carbocycles. The molecule has 4 rings (SSSR count). The van der Waals surface area contributed by atoms with Crippen LogP contribution in [-0.2, 0) is 16.1 Å². The second-order valence-corrected chi connectivity index (χ2v) is 7.39. The molecule has 30 heavy (non-hydrogen) atoms. The molecule has 154 valence electrons. The lowest BCUT2D eigenvalue weighted by Gasteiger charge is -2.35. The van der Waals surface area contributed by atoms with Crippen LogP contribution in [0.25, 0.3) is 0 Å². The van der Waals surface area contributed by atoms with Crippen molar-refractivity contribution >= 4 is 29.3 Å². The molecule has 2 aliphatic heterocycles. The van der Waals surface area contributed by atoms with Gasteiger partial charge in [0.25, 0.3) is 5.91 Å². The largest absolute Gasteiger partial charge is 0.366 e. The third-order valence-electron chi connectivity index (χ3n) is 5.44. The zero-order valence-corrected chi connectivity index (χ0v) is 16.2. The molecule has 1 atom stereocenters. The van der Waals surface area contributed by atoms with E-state index in [0.29, 0.717) is 25.1 Å². The Kier molecular flexibility index (Phi) is 5.18. The van der Waals surface area contributed by atoms with Gasteiger partial charge in [-0.3, -0.25) is 24.2 Å². The van der Waals surface area contributed by atoms with Crippen LogP contribution in [0.15, 0.2) is 36.7 Å². The second-order valence-electron chi connectivity index (χ2n) is 7.39. The summed E-state index contributed by atoms with van der Waals surface area (Å²) in [6.45, 7) is 0.947. The van der Waals surface area contributed by atoms with E-state index in [0.717, 1.165) is 24.0 Å². The lowest BCUT2D eigenvalue weighted by molar-refractivity contribution is -0.145. The number of hydrogen-bond donors (Lipinski definition) is 3. The fourth-order valence-corrected chi connectivity index (χ4v) is 3.92. The SMILES string of the molecule is NC(=O)c1cncc(NC(=O)C(=O)N2CCCC[C@H]2c2ccc3c(c2)C(=O)NC3)c1. The lowest BCUT2D eigenvalue weighted by atomic mass is 9.93. The van der Waals surface area contributed by atoms with Crippen LogP contribution in [0.5, 0.6) is 0 Å². The average Bonchev–Trinajstić information content (AvgIpc) is 3.13. The smallest absolute Gasteiger partial charge is 0.313 e. The molecular formula is C21H21N5O4. The number of nitrogens with one attached hydrogen (secondary N) is 2. The van der Waals surface area contributed by atoms with Crippen molar-refractivity contribution in [1.82, 2.24) is 15.2 Å². The van der Waals surface area contributed by atoms with Crippen LogP contribution >= 0.6 is 0 Å². The number of hydrogen-bond acceptors (Lipinski definition) is 5. The number of aromatic nitrogens is 1. The molecule has 0 spiro atoms. The fourth-order valence-electron chi connectivity index (χ4n) is 3.92. The molecule has 0 bridgehead atoms. The summed E-state index contributed by atoms with van der Waals surface area (Å²) in [6, 6.07) is 6.69. The summed E-state index contributed by atoms with van der Waals surface area (Å²) in [5.74, 6) is -2.29. The van der Waals surface area contributed by atoms with E-state index in [-0.39, 0.29) is 23.2 Å². The van der Waals surface area contributed by atoms with Crippen LogP contribution in [0.1, 0.15) is 57.1 Å². The average molecular weight is 407 g/mol. The number of nitrogens with zero attached hydrogens (tertiary/aromatic N) is 2. The van der Waals surface area contributed by atoms with E-state index in [1.165, 1.54) is 18.5 Å². The van der Waals surface area contributed by atoms with Gasteiger partial charge in [0.05, 0.1) is 23.5 Å². The van der Waals surface area contributed by atoms with Crippen molar-refractivity contribution in [3.63, 3.8) is 0 Å². The first-order valence-electron chi connectivity index (χ1n) is 9.72. The fraction of sp³-hybridized carbons (Fsp3) is 0.286. The molecule has 2 aromatic rings. The van der Waals surface area contributed by atoms with Crippen LogP contribution in [0, 0.1) is 0 Å². The first-order chi connectivity index (χ1) is 14.4. The standard InChI is InChI=1S/C21H21N5O4/c22-18(27)14-7-15(11-23-9-14)25-20(29)21(30)26-6-2-1-3-17(26)12-4-5-13-10-24-19(28)16(13)8-12/h4-5,7-9,11,17H,1-3,6,10H2,(H2,22,27)(H,24,28)(H,25,29)/t17-/m0/s1. The Hall–Kier alpha value is -3.75. The molecule has 1 saturated heterocycles. The van der Waals surface area contributed by atoms with Gasteiger partial charge in [-0.05, 0) is 42.5 Å². The highest BCUT2D eigenvalue weighted by atomic mass is 16.2. The van der Waals surface area contributed by atoms with E-state index in [1.807, 2.05) is 18.2 Å². The number of rotatable bonds is 3. The summed E-state index contributed by atoms with van der Waals surface area (Å²) in [6.07, 6.45) is 5.04. The normalized spacial score (nSPS) is 17.8. The van der Waals surface area contributed by atoms with E-state index in [1.54, 1.807) is 4.90 Å². The van der Waals surface area contributed by atoms with Gasteiger partial charge in [0.1, 0.15) is 0 Å². The molecule has 2 aliphatic rings. The predicted octanol–water partition coefficient (Wildman–Crippen LogP) is 1.12. The Morgan fingerprint density at radius 3 is 2.80 bits per heavy atom. The maximum atomic E-state index is 12.9. The van der Waals surface area contributed by atoms with Crippen molar-refractivity contribution < 1.29 is 19.2 Å². The van der Waals surface area contributed by atoms with E-state index in [4.69, 9.17) is 5.73 Å². The summed E-state index contributed by atoms with van der Waals surface area (Å²) in [7, 11) is 0. The van der Waals surface area contributed by atoms with Gasteiger partial charge in [-0.15, -0.1) is 0 Å². The summed E-state index contributed by atoms with van der Waals surface area (Å²) in [5, 5.41) is 5.28. The van der Waals surface area contributed by atoms with Gasteiger partial charge in [0, 0.05) is 24.8 Å². The monoisotopic (exact) mass is 407 g/mol.